The van der Waals surface area contributed by atoms with E-state index in [1.54, 1.807) is 0 Å². The number of benzene rings is 9. The minimum absolute atomic E-state index is 0.915. The Morgan fingerprint density at radius 3 is 1.12 bits per heavy atom. The second-order valence-electron chi connectivity index (χ2n) is 13.2. The van der Waals surface area contributed by atoms with Crippen molar-refractivity contribution >= 4 is 73.9 Å². The fourth-order valence-electron chi connectivity index (χ4n) is 8.17. The molecule has 0 atom stereocenters. The van der Waals surface area contributed by atoms with Crippen molar-refractivity contribution < 1.29 is 0 Å². The molecule has 52 heavy (non-hydrogen) atoms. The van der Waals surface area contributed by atoms with E-state index in [0.29, 0.717) is 0 Å². The van der Waals surface area contributed by atoms with Crippen LogP contribution in [0.25, 0.3) is 32.7 Å². The summed E-state index contributed by atoms with van der Waals surface area (Å²) in [6.45, 7) is 0. The van der Waals surface area contributed by atoms with Gasteiger partial charge in [0.05, 0.1) is 0 Å². The number of hydrogen-bond donors (Lipinski definition) is 0. The molecule has 0 aliphatic heterocycles. The normalized spacial score (nSPS) is 11.9. The van der Waals surface area contributed by atoms with E-state index in [9.17, 15) is 0 Å². The zero-order valence-corrected chi connectivity index (χ0v) is 30.7. The van der Waals surface area contributed by atoms with E-state index in [4.69, 9.17) is 0 Å². The monoisotopic (exact) mass is 700 g/mol. The summed E-state index contributed by atoms with van der Waals surface area (Å²) in [5, 5.41) is 14.7. The molecule has 0 spiro atoms. The molecular weight excluding hydrogens is 662 g/mol. The third-order valence-corrected chi connectivity index (χ3v) is 17.7. The number of rotatable bonds is 8. The van der Waals surface area contributed by atoms with Gasteiger partial charge in [-0.15, -0.1) is 0 Å². The molecule has 0 saturated carbocycles. The van der Waals surface area contributed by atoms with Gasteiger partial charge in [0.2, 0.25) is 0 Å². The third kappa shape index (κ3) is 5.57. The van der Waals surface area contributed by atoms with Crippen molar-refractivity contribution in [1.29, 1.82) is 0 Å². The van der Waals surface area contributed by atoms with Crippen molar-refractivity contribution in [2.45, 2.75) is 0 Å². The first-order chi connectivity index (χ1) is 25.8. The van der Waals surface area contributed by atoms with Crippen molar-refractivity contribution in [3.05, 3.63) is 224 Å². The zero-order chi connectivity index (χ0) is 34.7. The Labute approximate surface area is 308 Å². The van der Waals surface area contributed by atoms with Crippen molar-refractivity contribution in [3.8, 4) is 11.1 Å². The van der Waals surface area contributed by atoms with E-state index < -0.39 is 15.2 Å². The van der Waals surface area contributed by atoms with Crippen LogP contribution in [0.1, 0.15) is 0 Å². The third-order valence-electron chi connectivity index (χ3n) is 10.4. The summed E-state index contributed by atoms with van der Waals surface area (Å²) in [7, 11) is -3.86. The molecule has 0 unspecified atom stereocenters. The van der Waals surface area contributed by atoms with Crippen molar-refractivity contribution in [1.82, 2.24) is 0 Å². The van der Waals surface area contributed by atoms with Crippen LogP contribution in [-0.2, 0) is 0 Å². The molecule has 0 N–H and O–H groups in total. The molecule has 9 rings (SSSR count). The SMILES string of the molecule is c1ccc(P(c2ccccc2)c2ccc3ccccc3c2-c2c([PH](c3ccccc3)(c3ccccc3)c3ccccc3)ccc3ccccc23)cc1. The van der Waals surface area contributed by atoms with Crippen molar-refractivity contribution in [3.63, 3.8) is 0 Å². The summed E-state index contributed by atoms with van der Waals surface area (Å²) in [6, 6.07) is 83.9. The Kier molecular flexibility index (Phi) is 8.80. The van der Waals surface area contributed by atoms with Crippen LogP contribution in [0.5, 0.6) is 0 Å². The van der Waals surface area contributed by atoms with E-state index in [1.165, 1.54) is 69.8 Å². The standard InChI is InChI=1S/C50H38P2/c1-6-22-40(23-7-1)51(41-24-8-2-9-25-41)47-36-34-38-20-16-18-32-45(38)49(47)50-46-33-19-17-21-39(46)35-37-48(50)52(42-26-10-3-11-27-42,43-28-12-4-13-29-43)44-30-14-5-15-31-44/h1-37,52H. The Hall–Kier alpha value is -5.64. The summed E-state index contributed by atoms with van der Waals surface area (Å²) in [5.41, 5.74) is 2.68. The zero-order valence-electron chi connectivity index (χ0n) is 28.8. The molecule has 0 amide bonds. The van der Waals surface area contributed by atoms with Gasteiger partial charge in [-0.25, -0.2) is 0 Å². The topological polar surface area (TPSA) is 0 Å². The molecule has 0 saturated heterocycles. The molecule has 0 nitrogen and oxygen atoms in total. The van der Waals surface area contributed by atoms with Crippen LogP contribution in [-0.4, -0.2) is 0 Å². The first kappa shape index (κ1) is 32.3. The molecule has 0 radical (unpaired) electrons. The van der Waals surface area contributed by atoms with Gasteiger partial charge in [-0.1, -0.05) is 0 Å². The summed E-state index contributed by atoms with van der Waals surface area (Å²) < 4.78 is 0. The molecule has 0 bridgehead atoms. The fourth-order valence-corrected chi connectivity index (χ4v) is 15.6. The van der Waals surface area contributed by atoms with Crippen LogP contribution in [0.2, 0.25) is 0 Å². The molecule has 9 aromatic carbocycles. The predicted octanol–water partition coefficient (Wildman–Crippen LogP) is 9.77. The summed E-state index contributed by atoms with van der Waals surface area (Å²) in [4.78, 5) is 0. The second kappa shape index (κ2) is 14.2. The maximum atomic E-state index is 2.48. The van der Waals surface area contributed by atoms with Crippen molar-refractivity contribution in [2.75, 3.05) is 0 Å². The quantitative estimate of drug-likeness (QED) is 0.139. The first-order valence-electron chi connectivity index (χ1n) is 18.0. The number of fused-ring (bicyclic) bond motifs is 2. The Bertz CT molecular complexity index is 2470. The summed E-state index contributed by atoms with van der Waals surface area (Å²) in [5.74, 6) is 0. The van der Waals surface area contributed by atoms with E-state index in [1.807, 2.05) is 0 Å². The molecule has 2 heteroatoms. The van der Waals surface area contributed by atoms with E-state index >= 15 is 0 Å². The van der Waals surface area contributed by atoms with E-state index in [2.05, 4.69) is 224 Å². The average Bonchev–Trinajstić information content (AvgIpc) is 3.23. The molecule has 0 aliphatic carbocycles. The Morgan fingerprint density at radius 2 is 0.654 bits per heavy atom. The summed E-state index contributed by atoms with van der Waals surface area (Å²) >= 11 is 0. The van der Waals surface area contributed by atoms with Gasteiger partial charge in [-0.3, -0.25) is 0 Å². The van der Waals surface area contributed by atoms with Crippen LogP contribution in [0.4, 0.5) is 0 Å². The Balaban J connectivity index is 1.51. The molecule has 0 aliphatic rings. The van der Waals surface area contributed by atoms with Crippen LogP contribution >= 0.6 is 15.2 Å². The van der Waals surface area contributed by atoms with Crippen molar-refractivity contribution in [2.24, 2.45) is 0 Å². The van der Waals surface area contributed by atoms with Gasteiger partial charge in [0.1, 0.15) is 0 Å². The molecule has 0 aromatic heterocycles. The average molecular weight is 701 g/mol. The molecule has 9 aromatic rings. The molecular formula is C50H38P2. The van der Waals surface area contributed by atoms with E-state index in [-0.39, 0.29) is 0 Å². The maximum absolute atomic E-state index is 2.94. The van der Waals surface area contributed by atoms with Crippen LogP contribution in [0, 0.1) is 0 Å². The van der Waals surface area contributed by atoms with Gasteiger partial charge in [-0.2, -0.15) is 0 Å². The fraction of sp³-hybridized carbons (Fsp3) is 0. The van der Waals surface area contributed by atoms with E-state index in [0.717, 1.165) is 0 Å². The molecule has 0 heterocycles. The van der Waals surface area contributed by atoms with Gasteiger partial charge in [-0.05, 0) is 0 Å². The molecule has 0 fully saturated rings. The van der Waals surface area contributed by atoms with Gasteiger partial charge in [0.25, 0.3) is 0 Å². The van der Waals surface area contributed by atoms with Crippen LogP contribution in [0.3, 0.4) is 0 Å². The van der Waals surface area contributed by atoms with Gasteiger partial charge in [0.15, 0.2) is 0 Å². The van der Waals surface area contributed by atoms with Gasteiger partial charge >= 0.3 is 309 Å². The first-order valence-corrected chi connectivity index (χ1v) is 21.3. The molecule has 248 valence electrons. The van der Waals surface area contributed by atoms with Crippen LogP contribution in [0.15, 0.2) is 224 Å². The summed E-state index contributed by atoms with van der Waals surface area (Å²) in [6.07, 6.45) is 0. The minimum atomic E-state index is -2.94. The van der Waals surface area contributed by atoms with Crippen LogP contribution < -0.4 is 37.1 Å². The second-order valence-corrected chi connectivity index (χ2v) is 19.2. The number of hydrogen-bond acceptors (Lipinski definition) is 0. The predicted molar refractivity (Wildman–Crippen MR) is 232 cm³/mol. The van der Waals surface area contributed by atoms with Gasteiger partial charge in [0, 0.05) is 0 Å². The van der Waals surface area contributed by atoms with Gasteiger partial charge < -0.3 is 0 Å². The Morgan fingerprint density at radius 1 is 0.288 bits per heavy atom.